The monoisotopic (exact) mass is 284 g/mol. The SMILES string of the molecule is [B]C([B])(c1cc(Cl)ccc1NCc1ccon1)C(C)C. The second-order valence-corrected chi connectivity index (χ2v) is 5.56. The molecule has 0 amide bonds. The fourth-order valence-electron chi connectivity index (χ4n) is 1.85. The van der Waals surface area contributed by atoms with Gasteiger partial charge < -0.3 is 9.84 Å². The first-order valence-corrected chi connectivity index (χ1v) is 6.80. The van der Waals surface area contributed by atoms with E-state index in [1.807, 2.05) is 19.9 Å². The lowest BCUT2D eigenvalue weighted by Gasteiger charge is -2.33. The zero-order chi connectivity index (χ0) is 14.8. The van der Waals surface area contributed by atoms with Crippen LogP contribution in [-0.4, -0.2) is 20.8 Å². The average Bonchev–Trinajstić information content (AvgIpc) is 2.90. The maximum atomic E-state index is 6.24. The summed E-state index contributed by atoms with van der Waals surface area (Å²) >= 11 is 6.06. The van der Waals surface area contributed by atoms with E-state index in [2.05, 4.69) is 10.5 Å². The van der Waals surface area contributed by atoms with Crippen LogP contribution in [0, 0.1) is 5.92 Å². The predicted octanol–water partition coefficient (Wildman–Crippen LogP) is 3.09. The van der Waals surface area contributed by atoms with Crippen LogP contribution in [0.1, 0.15) is 25.1 Å². The molecule has 0 spiro atoms. The Morgan fingerprint density at radius 1 is 1.35 bits per heavy atom. The van der Waals surface area contributed by atoms with Crippen LogP contribution >= 0.6 is 11.6 Å². The second kappa shape index (κ2) is 5.96. The summed E-state index contributed by atoms with van der Waals surface area (Å²) in [5.74, 6) is 0.0635. The average molecular weight is 284 g/mol. The minimum absolute atomic E-state index is 0.0635. The van der Waals surface area contributed by atoms with E-state index in [0.29, 0.717) is 11.6 Å². The fraction of sp³-hybridized carbons (Fsp3) is 0.357. The summed E-state index contributed by atoms with van der Waals surface area (Å²) in [6.45, 7) is 4.48. The molecule has 0 aliphatic heterocycles. The molecule has 1 N–H and O–H groups in total. The van der Waals surface area contributed by atoms with Gasteiger partial charge in [-0.3, -0.25) is 0 Å². The molecule has 0 fully saturated rings. The lowest BCUT2D eigenvalue weighted by Crippen LogP contribution is -2.34. The maximum Gasteiger partial charge on any atom is 0.124 e. The van der Waals surface area contributed by atoms with E-state index in [9.17, 15) is 0 Å². The Balaban J connectivity index is 2.28. The number of hydrogen-bond donors (Lipinski definition) is 1. The molecule has 1 heterocycles. The van der Waals surface area contributed by atoms with Crippen LogP contribution in [0.25, 0.3) is 0 Å². The molecule has 0 unspecified atom stereocenters. The normalized spacial score (nSPS) is 11.8. The molecule has 0 atom stereocenters. The highest BCUT2D eigenvalue weighted by atomic mass is 35.5. The van der Waals surface area contributed by atoms with Crippen LogP contribution < -0.4 is 5.32 Å². The minimum Gasteiger partial charge on any atom is -0.379 e. The van der Waals surface area contributed by atoms with Crippen LogP contribution in [0.15, 0.2) is 35.1 Å². The molecular formula is C14H15B2ClN2O. The van der Waals surface area contributed by atoms with E-state index in [0.717, 1.165) is 16.9 Å². The van der Waals surface area contributed by atoms with Gasteiger partial charge in [0.1, 0.15) is 12.0 Å². The number of rotatable bonds is 5. The molecule has 0 aliphatic carbocycles. The van der Waals surface area contributed by atoms with E-state index in [-0.39, 0.29) is 5.92 Å². The molecule has 100 valence electrons. The van der Waals surface area contributed by atoms with Gasteiger partial charge in [0.2, 0.25) is 0 Å². The van der Waals surface area contributed by atoms with Crippen molar-refractivity contribution in [2.24, 2.45) is 5.92 Å². The molecule has 0 saturated carbocycles. The summed E-state index contributed by atoms with van der Waals surface area (Å²) in [4.78, 5) is 0. The first kappa shape index (κ1) is 15.0. The van der Waals surface area contributed by atoms with Crippen molar-refractivity contribution in [2.75, 3.05) is 5.32 Å². The highest BCUT2D eigenvalue weighted by Gasteiger charge is 2.26. The Labute approximate surface area is 126 Å². The zero-order valence-corrected chi connectivity index (χ0v) is 12.3. The molecular weight excluding hydrogens is 269 g/mol. The molecule has 20 heavy (non-hydrogen) atoms. The van der Waals surface area contributed by atoms with Gasteiger partial charge >= 0.3 is 0 Å². The standard InChI is InChI=1S/C14H15B2ClN2O/c1-9(2)14(15,16)12-7-10(17)3-4-13(12)18-8-11-5-6-20-19-11/h3-7,9,18H,8H2,1-2H3. The van der Waals surface area contributed by atoms with Gasteiger partial charge in [0.15, 0.2) is 0 Å². The van der Waals surface area contributed by atoms with Gasteiger partial charge in [-0.05, 0) is 23.8 Å². The number of aromatic nitrogens is 1. The van der Waals surface area contributed by atoms with Gasteiger partial charge in [0, 0.05) is 16.8 Å². The summed E-state index contributed by atoms with van der Waals surface area (Å²) in [5, 5.41) is 6.76. The van der Waals surface area contributed by atoms with Crippen molar-refractivity contribution in [2.45, 2.75) is 25.6 Å². The van der Waals surface area contributed by atoms with Gasteiger partial charge in [0.05, 0.1) is 22.2 Å². The zero-order valence-electron chi connectivity index (χ0n) is 11.6. The van der Waals surface area contributed by atoms with E-state index >= 15 is 0 Å². The van der Waals surface area contributed by atoms with Crippen molar-refractivity contribution in [3.05, 3.63) is 46.8 Å². The summed E-state index contributed by atoms with van der Waals surface area (Å²) in [7, 11) is 12.5. The number of benzene rings is 1. The Kier molecular flexibility index (Phi) is 4.48. The largest absolute Gasteiger partial charge is 0.379 e. The number of nitrogens with zero attached hydrogens (tertiary/aromatic N) is 1. The Hall–Kier alpha value is -1.35. The van der Waals surface area contributed by atoms with E-state index in [4.69, 9.17) is 31.8 Å². The van der Waals surface area contributed by atoms with Gasteiger partial charge in [-0.2, -0.15) is 0 Å². The van der Waals surface area contributed by atoms with Gasteiger partial charge in [-0.1, -0.05) is 41.7 Å². The summed E-state index contributed by atoms with van der Waals surface area (Å²) in [6.07, 6.45) is 1.53. The third kappa shape index (κ3) is 3.21. The van der Waals surface area contributed by atoms with Crippen molar-refractivity contribution in [3.63, 3.8) is 0 Å². The van der Waals surface area contributed by atoms with Crippen LogP contribution in [0.3, 0.4) is 0 Å². The van der Waals surface area contributed by atoms with Crippen molar-refractivity contribution in [1.82, 2.24) is 5.16 Å². The van der Waals surface area contributed by atoms with Gasteiger partial charge in [-0.25, -0.2) is 0 Å². The topological polar surface area (TPSA) is 38.1 Å². The minimum atomic E-state index is -0.961. The molecule has 0 saturated heterocycles. The van der Waals surface area contributed by atoms with Crippen LogP contribution in [0.5, 0.6) is 0 Å². The number of hydrogen-bond acceptors (Lipinski definition) is 3. The first-order chi connectivity index (χ1) is 9.41. The van der Waals surface area contributed by atoms with Gasteiger partial charge in [0.25, 0.3) is 0 Å². The summed E-state index contributed by atoms with van der Waals surface area (Å²) in [6, 6.07) is 7.26. The predicted molar refractivity (Wildman–Crippen MR) is 83.3 cm³/mol. The maximum absolute atomic E-state index is 6.24. The Morgan fingerprint density at radius 3 is 2.70 bits per heavy atom. The third-order valence-corrected chi connectivity index (χ3v) is 3.59. The van der Waals surface area contributed by atoms with Crippen molar-refractivity contribution in [1.29, 1.82) is 0 Å². The van der Waals surface area contributed by atoms with Crippen LogP contribution in [0.4, 0.5) is 5.69 Å². The quantitative estimate of drug-likeness (QED) is 0.857. The highest BCUT2D eigenvalue weighted by Crippen LogP contribution is 2.33. The Bertz CT molecular complexity index is 571. The lowest BCUT2D eigenvalue weighted by molar-refractivity contribution is 0.412. The molecule has 6 heteroatoms. The van der Waals surface area contributed by atoms with Crippen molar-refractivity contribution >= 4 is 33.0 Å². The second-order valence-electron chi connectivity index (χ2n) is 5.12. The summed E-state index contributed by atoms with van der Waals surface area (Å²) in [5.41, 5.74) is 2.43. The van der Waals surface area contributed by atoms with Gasteiger partial charge in [-0.15, -0.1) is 0 Å². The highest BCUT2D eigenvalue weighted by molar-refractivity contribution is 6.41. The number of anilines is 1. The van der Waals surface area contributed by atoms with E-state index in [1.165, 1.54) is 6.26 Å². The molecule has 1 aromatic carbocycles. The molecule has 2 aromatic rings. The first-order valence-electron chi connectivity index (χ1n) is 6.42. The van der Waals surface area contributed by atoms with E-state index in [1.54, 1.807) is 18.2 Å². The van der Waals surface area contributed by atoms with E-state index < -0.39 is 5.21 Å². The molecule has 1 aromatic heterocycles. The third-order valence-electron chi connectivity index (χ3n) is 3.35. The number of nitrogens with one attached hydrogen (secondary N) is 1. The van der Waals surface area contributed by atoms with Crippen LogP contribution in [-0.2, 0) is 11.8 Å². The molecule has 0 bridgehead atoms. The van der Waals surface area contributed by atoms with Crippen molar-refractivity contribution in [3.8, 4) is 0 Å². The van der Waals surface area contributed by atoms with Crippen LogP contribution in [0.2, 0.25) is 5.02 Å². The molecule has 3 nitrogen and oxygen atoms in total. The van der Waals surface area contributed by atoms with Crippen molar-refractivity contribution < 1.29 is 4.52 Å². The molecule has 0 aliphatic rings. The molecule has 4 radical (unpaired) electrons. The smallest absolute Gasteiger partial charge is 0.124 e. The number of halogens is 1. The fourth-order valence-corrected chi connectivity index (χ4v) is 2.03. The lowest BCUT2D eigenvalue weighted by atomic mass is 9.46. The summed E-state index contributed by atoms with van der Waals surface area (Å²) < 4.78 is 4.80. The Morgan fingerprint density at radius 2 is 2.10 bits per heavy atom. The molecule has 2 rings (SSSR count).